The highest BCUT2D eigenvalue weighted by Crippen LogP contribution is 2.25. The Labute approximate surface area is 97.4 Å². The zero-order valence-corrected chi connectivity index (χ0v) is 9.84. The van der Waals surface area contributed by atoms with E-state index in [1.165, 1.54) is 11.3 Å². The molecule has 0 spiro atoms. The fourth-order valence-corrected chi connectivity index (χ4v) is 2.22. The number of thiazole rings is 1. The number of rotatable bonds is 3. The topological polar surface area (TPSA) is 54.9 Å². The Kier molecular flexibility index (Phi) is 2.96. The van der Waals surface area contributed by atoms with Gasteiger partial charge < -0.3 is 5.32 Å². The summed E-state index contributed by atoms with van der Waals surface area (Å²) in [6, 6.07) is 3.70. The van der Waals surface area contributed by atoms with Crippen molar-refractivity contribution in [1.29, 1.82) is 0 Å². The first kappa shape index (κ1) is 10.8. The van der Waals surface area contributed by atoms with E-state index >= 15 is 0 Å². The van der Waals surface area contributed by atoms with Crippen molar-refractivity contribution < 1.29 is 4.79 Å². The van der Waals surface area contributed by atoms with E-state index in [1.54, 1.807) is 19.3 Å². The second-order valence-electron chi connectivity index (χ2n) is 3.35. The van der Waals surface area contributed by atoms with Crippen LogP contribution in [0.25, 0.3) is 0 Å². The van der Waals surface area contributed by atoms with Gasteiger partial charge in [-0.3, -0.25) is 9.78 Å². The first-order valence-corrected chi connectivity index (χ1v) is 5.64. The lowest BCUT2D eigenvalue weighted by atomic mass is 10.3. The van der Waals surface area contributed by atoms with Crippen molar-refractivity contribution in [2.45, 2.75) is 13.8 Å². The molecule has 0 saturated heterocycles. The number of carbonyl (C=O) groups excluding carboxylic acids is 1. The van der Waals surface area contributed by atoms with Crippen LogP contribution in [0.4, 0.5) is 10.8 Å². The Hall–Kier alpha value is -1.75. The third-order valence-electron chi connectivity index (χ3n) is 2.05. The average molecular weight is 233 g/mol. The van der Waals surface area contributed by atoms with Crippen molar-refractivity contribution in [3.63, 3.8) is 0 Å². The number of nitrogens with zero attached hydrogens (tertiary/aromatic N) is 2. The Morgan fingerprint density at radius 3 is 2.62 bits per heavy atom. The fourth-order valence-electron chi connectivity index (χ4n) is 1.34. The predicted molar refractivity (Wildman–Crippen MR) is 64.4 cm³/mol. The summed E-state index contributed by atoms with van der Waals surface area (Å²) in [6.07, 6.45) is 3.41. The molecule has 2 heterocycles. The smallest absolute Gasteiger partial charge is 0.188 e. The fraction of sp³-hybridized carbons (Fsp3) is 0.182. The van der Waals surface area contributed by atoms with Gasteiger partial charge in [-0.25, -0.2) is 4.98 Å². The Morgan fingerprint density at radius 2 is 2.06 bits per heavy atom. The maximum Gasteiger partial charge on any atom is 0.188 e. The molecule has 1 N–H and O–H groups in total. The first-order chi connectivity index (χ1) is 7.66. The standard InChI is InChI=1S/C11H11N3OS/c1-7-10(8(2)15)16-11(13-7)14-9-3-5-12-6-4-9/h3-6H,1-2H3,(H,12,13,14). The van der Waals surface area contributed by atoms with Crippen molar-refractivity contribution in [3.05, 3.63) is 35.1 Å². The number of anilines is 2. The van der Waals surface area contributed by atoms with Crippen LogP contribution < -0.4 is 5.32 Å². The molecule has 0 saturated carbocycles. The summed E-state index contributed by atoms with van der Waals surface area (Å²) in [5.41, 5.74) is 1.69. The van der Waals surface area contributed by atoms with Crippen molar-refractivity contribution in [2.24, 2.45) is 0 Å². The Bertz CT molecular complexity index is 507. The molecule has 4 nitrogen and oxygen atoms in total. The summed E-state index contributed by atoms with van der Waals surface area (Å²) in [4.78, 5) is 20.2. The molecular weight excluding hydrogens is 222 g/mol. The molecule has 16 heavy (non-hydrogen) atoms. The van der Waals surface area contributed by atoms with Gasteiger partial charge in [-0.1, -0.05) is 11.3 Å². The molecule has 0 fully saturated rings. The van der Waals surface area contributed by atoms with Crippen LogP contribution in [0.5, 0.6) is 0 Å². The maximum absolute atomic E-state index is 11.3. The molecule has 0 atom stereocenters. The summed E-state index contributed by atoms with van der Waals surface area (Å²) in [6.45, 7) is 3.39. The third-order valence-corrected chi connectivity index (χ3v) is 3.22. The second kappa shape index (κ2) is 4.40. The van der Waals surface area contributed by atoms with Crippen LogP contribution in [0.2, 0.25) is 0 Å². The normalized spacial score (nSPS) is 10.1. The van der Waals surface area contributed by atoms with Crippen molar-refractivity contribution in [1.82, 2.24) is 9.97 Å². The van der Waals surface area contributed by atoms with Gasteiger partial charge in [-0.05, 0) is 19.1 Å². The average Bonchev–Trinajstić information content (AvgIpc) is 2.61. The maximum atomic E-state index is 11.3. The van der Waals surface area contributed by atoms with E-state index in [2.05, 4.69) is 15.3 Å². The monoisotopic (exact) mass is 233 g/mol. The van der Waals surface area contributed by atoms with E-state index in [0.717, 1.165) is 16.5 Å². The zero-order chi connectivity index (χ0) is 11.5. The first-order valence-electron chi connectivity index (χ1n) is 4.82. The summed E-state index contributed by atoms with van der Waals surface area (Å²) < 4.78 is 0. The van der Waals surface area contributed by atoms with Gasteiger partial charge in [-0.2, -0.15) is 0 Å². The minimum atomic E-state index is 0.0535. The molecule has 2 aromatic rings. The number of pyridine rings is 1. The van der Waals surface area contributed by atoms with E-state index in [1.807, 2.05) is 19.1 Å². The molecule has 0 aliphatic heterocycles. The highest BCUT2D eigenvalue weighted by atomic mass is 32.1. The predicted octanol–water partition coefficient (Wildman–Crippen LogP) is 2.79. The van der Waals surface area contributed by atoms with Gasteiger partial charge in [0, 0.05) is 25.0 Å². The molecule has 0 amide bonds. The second-order valence-corrected chi connectivity index (χ2v) is 4.35. The largest absolute Gasteiger partial charge is 0.331 e. The number of Topliss-reactive ketones (excluding diaryl/α,β-unsaturated/α-hetero) is 1. The van der Waals surface area contributed by atoms with Crippen LogP contribution >= 0.6 is 11.3 Å². The third kappa shape index (κ3) is 2.25. The van der Waals surface area contributed by atoms with E-state index in [0.29, 0.717) is 4.88 Å². The Morgan fingerprint density at radius 1 is 1.38 bits per heavy atom. The lowest BCUT2D eigenvalue weighted by Gasteiger charge is -1.99. The van der Waals surface area contributed by atoms with E-state index in [-0.39, 0.29) is 5.78 Å². The van der Waals surface area contributed by atoms with E-state index in [4.69, 9.17) is 0 Å². The zero-order valence-electron chi connectivity index (χ0n) is 9.02. The van der Waals surface area contributed by atoms with Crippen LogP contribution in [0.3, 0.4) is 0 Å². The summed E-state index contributed by atoms with van der Waals surface area (Å²) in [5, 5.41) is 3.87. The van der Waals surface area contributed by atoms with Gasteiger partial charge in [0.25, 0.3) is 0 Å². The molecule has 0 aliphatic carbocycles. The number of aryl methyl sites for hydroxylation is 1. The summed E-state index contributed by atoms with van der Waals surface area (Å²) in [7, 11) is 0. The number of hydrogen-bond donors (Lipinski definition) is 1. The molecule has 0 aliphatic rings. The Balaban J connectivity index is 2.23. The molecular formula is C11H11N3OS. The SMILES string of the molecule is CC(=O)c1sc(Nc2ccncc2)nc1C. The van der Waals surface area contributed by atoms with Gasteiger partial charge in [0.05, 0.1) is 10.6 Å². The molecule has 0 aromatic carbocycles. The highest BCUT2D eigenvalue weighted by molar-refractivity contribution is 7.17. The van der Waals surface area contributed by atoms with Crippen LogP contribution in [0, 0.1) is 6.92 Å². The van der Waals surface area contributed by atoms with Crippen LogP contribution in [-0.2, 0) is 0 Å². The lowest BCUT2D eigenvalue weighted by Crippen LogP contribution is -1.90. The minimum absolute atomic E-state index is 0.0535. The number of nitrogens with one attached hydrogen (secondary N) is 1. The highest BCUT2D eigenvalue weighted by Gasteiger charge is 2.11. The number of carbonyl (C=O) groups is 1. The molecule has 82 valence electrons. The van der Waals surface area contributed by atoms with Gasteiger partial charge in [-0.15, -0.1) is 0 Å². The number of aromatic nitrogens is 2. The molecule has 2 rings (SSSR count). The van der Waals surface area contributed by atoms with Crippen LogP contribution in [0.1, 0.15) is 22.3 Å². The number of hydrogen-bond acceptors (Lipinski definition) is 5. The van der Waals surface area contributed by atoms with Crippen molar-refractivity contribution in [2.75, 3.05) is 5.32 Å². The summed E-state index contributed by atoms with van der Waals surface area (Å²) >= 11 is 1.37. The summed E-state index contributed by atoms with van der Waals surface area (Å²) in [5.74, 6) is 0.0535. The van der Waals surface area contributed by atoms with E-state index in [9.17, 15) is 4.79 Å². The molecule has 5 heteroatoms. The molecule has 2 aromatic heterocycles. The van der Waals surface area contributed by atoms with E-state index < -0.39 is 0 Å². The van der Waals surface area contributed by atoms with Gasteiger partial charge in [0.1, 0.15) is 0 Å². The van der Waals surface area contributed by atoms with Crippen molar-refractivity contribution in [3.8, 4) is 0 Å². The van der Waals surface area contributed by atoms with Crippen LogP contribution in [0.15, 0.2) is 24.5 Å². The van der Waals surface area contributed by atoms with Crippen molar-refractivity contribution >= 4 is 27.9 Å². The van der Waals surface area contributed by atoms with Gasteiger partial charge in [0.2, 0.25) is 0 Å². The molecule has 0 bridgehead atoms. The molecule has 0 unspecified atom stereocenters. The van der Waals surface area contributed by atoms with Gasteiger partial charge in [0.15, 0.2) is 10.9 Å². The lowest BCUT2D eigenvalue weighted by molar-refractivity contribution is 0.102. The molecule has 0 radical (unpaired) electrons. The van der Waals surface area contributed by atoms with Gasteiger partial charge >= 0.3 is 0 Å². The minimum Gasteiger partial charge on any atom is -0.331 e. The quantitative estimate of drug-likeness (QED) is 0.828. The number of ketones is 1. The van der Waals surface area contributed by atoms with Crippen LogP contribution in [-0.4, -0.2) is 15.8 Å².